The quantitative estimate of drug-likeness (QED) is 0.109. The van der Waals surface area contributed by atoms with Crippen LogP contribution in [0.3, 0.4) is 0 Å². The van der Waals surface area contributed by atoms with E-state index in [9.17, 15) is 19.5 Å². The van der Waals surface area contributed by atoms with E-state index in [-0.39, 0.29) is 36.2 Å². The topological polar surface area (TPSA) is 107 Å². The maximum absolute atomic E-state index is 12.2. The summed E-state index contributed by atoms with van der Waals surface area (Å²) in [6.07, 6.45) is 18.0. The zero-order chi connectivity index (χ0) is 25.9. The summed E-state index contributed by atoms with van der Waals surface area (Å²) in [4.78, 5) is 35.3. The van der Waals surface area contributed by atoms with Gasteiger partial charge in [0.2, 0.25) is 5.91 Å². The third kappa shape index (κ3) is 14.2. The lowest BCUT2D eigenvalue weighted by Crippen LogP contribution is -2.47. The van der Waals surface area contributed by atoms with Crippen LogP contribution in [-0.2, 0) is 19.1 Å². The number of primary amides is 1. The number of carboxylic acid groups (broad SMARTS) is 1. The lowest BCUT2D eigenvalue weighted by atomic mass is 9.78. The van der Waals surface area contributed by atoms with Crippen LogP contribution in [0.25, 0.3) is 0 Å². The molecule has 204 valence electrons. The van der Waals surface area contributed by atoms with Crippen LogP contribution in [0.2, 0.25) is 0 Å². The van der Waals surface area contributed by atoms with Crippen molar-refractivity contribution in [1.82, 2.24) is 0 Å². The molecule has 3 N–H and O–H groups in total. The van der Waals surface area contributed by atoms with E-state index in [2.05, 4.69) is 13.8 Å². The van der Waals surface area contributed by atoms with Crippen LogP contribution in [0.4, 0.5) is 0 Å². The highest BCUT2D eigenvalue weighted by Crippen LogP contribution is 2.37. The molecule has 0 bridgehead atoms. The SMILES string of the molecule is CCCCCCCCCCCC(C[C@@H]1OC(=O)[C@H]1CCCCCC)[C@H](CSCCC(N)=O)C(=O)O. The first-order valence-corrected chi connectivity index (χ1v) is 15.3. The van der Waals surface area contributed by atoms with Gasteiger partial charge >= 0.3 is 11.9 Å². The predicted molar refractivity (Wildman–Crippen MR) is 144 cm³/mol. The number of carbonyl (C=O) groups is 3. The molecule has 0 saturated carbocycles. The lowest BCUT2D eigenvalue weighted by molar-refractivity contribution is -0.188. The summed E-state index contributed by atoms with van der Waals surface area (Å²) in [7, 11) is 0. The number of ether oxygens (including phenoxy) is 1. The molecule has 0 spiro atoms. The molecule has 0 aromatic heterocycles. The first-order chi connectivity index (χ1) is 16.9. The van der Waals surface area contributed by atoms with Gasteiger partial charge < -0.3 is 15.6 Å². The van der Waals surface area contributed by atoms with Gasteiger partial charge in [0.15, 0.2) is 0 Å². The van der Waals surface area contributed by atoms with Gasteiger partial charge in [-0.1, -0.05) is 97.3 Å². The van der Waals surface area contributed by atoms with Crippen LogP contribution in [0, 0.1) is 17.8 Å². The van der Waals surface area contributed by atoms with E-state index in [1.54, 1.807) is 0 Å². The molecule has 0 radical (unpaired) electrons. The van der Waals surface area contributed by atoms with Gasteiger partial charge in [-0.3, -0.25) is 14.4 Å². The first kappa shape index (κ1) is 31.8. The third-order valence-electron chi connectivity index (χ3n) is 7.28. The Morgan fingerprint density at radius 2 is 1.51 bits per heavy atom. The van der Waals surface area contributed by atoms with Gasteiger partial charge in [-0.05, 0) is 25.2 Å². The second kappa shape index (κ2) is 19.9. The maximum atomic E-state index is 12.2. The standard InChI is InChI=1S/C28H51NO5S/c1-3-5-7-9-10-11-12-13-14-16-22(24(27(31)32)21-35-19-18-26(29)30)20-25-23(28(33)34-25)17-15-8-6-4-2/h22-25H,3-21H2,1-2H3,(H2,29,30)(H,31,32)/t22?,23-,24-,25-/m0/s1. The molecule has 1 aliphatic rings. The average molecular weight is 514 g/mol. The van der Waals surface area contributed by atoms with Crippen molar-refractivity contribution in [3.63, 3.8) is 0 Å². The minimum Gasteiger partial charge on any atom is -0.481 e. The number of amides is 1. The number of hydrogen-bond acceptors (Lipinski definition) is 5. The summed E-state index contributed by atoms with van der Waals surface area (Å²) >= 11 is 1.49. The molecule has 35 heavy (non-hydrogen) atoms. The Bertz CT molecular complexity index is 600. The number of carbonyl (C=O) groups excluding carboxylic acids is 2. The van der Waals surface area contributed by atoms with Gasteiger partial charge in [0.05, 0.1) is 11.8 Å². The van der Waals surface area contributed by atoms with Gasteiger partial charge in [0, 0.05) is 17.9 Å². The fourth-order valence-electron chi connectivity index (χ4n) is 5.00. The number of rotatable bonds is 24. The van der Waals surface area contributed by atoms with E-state index in [1.165, 1.54) is 63.1 Å². The largest absolute Gasteiger partial charge is 0.481 e. The Labute approximate surface area is 217 Å². The highest BCUT2D eigenvalue weighted by molar-refractivity contribution is 7.99. The minimum atomic E-state index is -0.789. The number of esters is 1. The molecule has 1 rings (SSSR count). The minimum absolute atomic E-state index is 0.0191. The number of carboxylic acids is 1. The van der Waals surface area contributed by atoms with Crippen molar-refractivity contribution < 1.29 is 24.2 Å². The Hall–Kier alpha value is -1.24. The van der Waals surface area contributed by atoms with E-state index in [0.717, 1.165) is 44.9 Å². The van der Waals surface area contributed by atoms with Crippen molar-refractivity contribution in [2.75, 3.05) is 11.5 Å². The number of hydrogen-bond donors (Lipinski definition) is 2. The molecule has 0 aromatic rings. The molecule has 4 atom stereocenters. The summed E-state index contributed by atoms with van der Waals surface area (Å²) in [6, 6.07) is 0. The summed E-state index contributed by atoms with van der Waals surface area (Å²) < 4.78 is 5.52. The Morgan fingerprint density at radius 3 is 2.06 bits per heavy atom. The van der Waals surface area contributed by atoms with Crippen molar-refractivity contribution >= 4 is 29.6 Å². The summed E-state index contributed by atoms with van der Waals surface area (Å²) in [5.74, 6) is -0.845. The maximum Gasteiger partial charge on any atom is 0.313 e. The molecular weight excluding hydrogens is 462 g/mol. The number of cyclic esters (lactones) is 1. The highest BCUT2D eigenvalue weighted by Gasteiger charge is 2.44. The molecule has 0 aliphatic carbocycles. The van der Waals surface area contributed by atoms with Gasteiger partial charge in [0.1, 0.15) is 6.10 Å². The second-order valence-electron chi connectivity index (χ2n) is 10.3. The number of nitrogens with two attached hydrogens (primary N) is 1. The molecule has 1 heterocycles. The van der Waals surface area contributed by atoms with Crippen molar-refractivity contribution in [3.8, 4) is 0 Å². The van der Waals surface area contributed by atoms with Gasteiger partial charge in [-0.15, -0.1) is 0 Å². The molecule has 1 saturated heterocycles. The van der Waals surface area contributed by atoms with E-state index in [0.29, 0.717) is 17.9 Å². The van der Waals surface area contributed by atoms with Gasteiger partial charge in [0.25, 0.3) is 0 Å². The Kier molecular flexibility index (Phi) is 18.1. The lowest BCUT2D eigenvalue weighted by Gasteiger charge is -2.38. The normalized spacial score (nSPS) is 19.1. The van der Waals surface area contributed by atoms with E-state index in [4.69, 9.17) is 10.5 Å². The fraction of sp³-hybridized carbons (Fsp3) is 0.893. The molecule has 1 amide bonds. The molecule has 1 fully saturated rings. The van der Waals surface area contributed by atoms with E-state index < -0.39 is 11.9 Å². The van der Waals surface area contributed by atoms with Crippen molar-refractivity contribution in [1.29, 1.82) is 0 Å². The fourth-order valence-corrected chi connectivity index (χ4v) is 6.18. The smallest absolute Gasteiger partial charge is 0.313 e. The van der Waals surface area contributed by atoms with Crippen LogP contribution in [0.5, 0.6) is 0 Å². The van der Waals surface area contributed by atoms with Crippen molar-refractivity contribution in [2.24, 2.45) is 23.5 Å². The Balaban J connectivity index is 2.60. The molecule has 1 aliphatic heterocycles. The number of aliphatic carboxylic acids is 1. The monoisotopic (exact) mass is 513 g/mol. The molecule has 0 aromatic carbocycles. The van der Waals surface area contributed by atoms with Crippen LogP contribution >= 0.6 is 11.8 Å². The van der Waals surface area contributed by atoms with Gasteiger partial charge in [-0.2, -0.15) is 11.8 Å². The first-order valence-electron chi connectivity index (χ1n) is 14.2. The van der Waals surface area contributed by atoms with Crippen LogP contribution in [0.15, 0.2) is 0 Å². The van der Waals surface area contributed by atoms with E-state index in [1.807, 2.05) is 0 Å². The third-order valence-corrected chi connectivity index (χ3v) is 8.37. The molecule has 7 heteroatoms. The van der Waals surface area contributed by atoms with Crippen LogP contribution < -0.4 is 5.73 Å². The zero-order valence-corrected chi connectivity index (χ0v) is 23.1. The summed E-state index contributed by atoms with van der Waals surface area (Å²) in [6.45, 7) is 4.40. The predicted octanol–water partition coefficient (Wildman–Crippen LogP) is 6.74. The summed E-state index contributed by atoms with van der Waals surface area (Å²) in [5, 5.41) is 10.0. The van der Waals surface area contributed by atoms with Gasteiger partial charge in [-0.25, -0.2) is 0 Å². The van der Waals surface area contributed by atoms with E-state index >= 15 is 0 Å². The number of unbranched alkanes of at least 4 members (excludes halogenated alkanes) is 11. The van der Waals surface area contributed by atoms with Crippen molar-refractivity contribution in [2.45, 2.75) is 129 Å². The number of thioether (sulfide) groups is 1. The summed E-state index contributed by atoms with van der Waals surface area (Å²) in [5.41, 5.74) is 5.23. The average Bonchev–Trinajstić information content (AvgIpc) is 2.81. The zero-order valence-electron chi connectivity index (χ0n) is 22.3. The highest BCUT2D eigenvalue weighted by atomic mass is 32.2. The molecule has 1 unspecified atom stereocenters. The molecule has 6 nitrogen and oxygen atoms in total. The second-order valence-corrected chi connectivity index (χ2v) is 11.4. The van der Waals surface area contributed by atoms with Crippen molar-refractivity contribution in [3.05, 3.63) is 0 Å². The van der Waals surface area contributed by atoms with Crippen LogP contribution in [-0.4, -0.2) is 40.6 Å². The molecular formula is C28H51NO5S. The Morgan fingerprint density at radius 1 is 0.943 bits per heavy atom. The van der Waals surface area contributed by atoms with Crippen LogP contribution in [0.1, 0.15) is 123 Å².